The van der Waals surface area contributed by atoms with Crippen LogP contribution in [0.2, 0.25) is 0 Å². The van der Waals surface area contributed by atoms with Crippen molar-refractivity contribution in [3.05, 3.63) is 24.3 Å². The van der Waals surface area contributed by atoms with Gasteiger partial charge in [0.1, 0.15) is 5.75 Å². The highest BCUT2D eigenvalue weighted by molar-refractivity contribution is 7.85. The Morgan fingerprint density at radius 1 is 1.33 bits per heavy atom. The fraction of sp³-hybridized carbons (Fsp3) is 0.571. The molecule has 1 saturated carbocycles. The van der Waals surface area contributed by atoms with Crippen molar-refractivity contribution >= 4 is 10.8 Å². The van der Waals surface area contributed by atoms with E-state index in [1.165, 1.54) is 0 Å². The lowest BCUT2D eigenvalue weighted by atomic mass is 10.2. The average molecular weight is 267 g/mol. The van der Waals surface area contributed by atoms with E-state index in [1.54, 1.807) is 7.11 Å². The molecular weight excluding hydrogens is 246 g/mol. The molecule has 0 aromatic heterocycles. The topological polar surface area (TPSA) is 38.3 Å². The van der Waals surface area contributed by atoms with Crippen LogP contribution in [0.3, 0.4) is 0 Å². The smallest absolute Gasteiger partial charge is 0.118 e. The summed E-state index contributed by atoms with van der Waals surface area (Å²) in [5, 5.41) is 3.74. The van der Waals surface area contributed by atoms with Crippen molar-refractivity contribution in [1.29, 1.82) is 0 Å². The normalized spacial score (nSPS) is 25.0. The number of methoxy groups -OCH3 is 1. The summed E-state index contributed by atoms with van der Waals surface area (Å²) in [6, 6.07) is 8.13. The van der Waals surface area contributed by atoms with Crippen LogP contribution in [0.25, 0.3) is 0 Å². The average Bonchev–Trinajstić information content (AvgIpc) is 2.87. The molecule has 0 saturated heterocycles. The molecule has 0 aliphatic heterocycles. The zero-order chi connectivity index (χ0) is 13.0. The van der Waals surface area contributed by atoms with E-state index < -0.39 is 10.8 Å². The molecule has 1 N–H and O–H groups in total. The number of hydrogen-bond acceptors (Lipinski definition) is 3. The molecule has 0 bridgehead atoms. The Labute approximate surface area is 111 Å². The van der Waals surface area contributed by atoms with Gasteiger partial charge in [-0.25, -0.2) is 0 Å². The second-order valence-corrected chi connectivity index (χ2v) is 6.40. The maximum Gasteiger partial charge on any atom is 0.118 e. The highest BCUT2D eigenvalue weighted by Gasteiger charge is 2.29. The lowest BCUT2D eigenvalue weighted by Crippen LogP contribution is -2.27. The number of nitrogens with one attached hydrogen (secondary N) is 1. The third-order valence-electron chi connectivity index (χ3n) is 3.47. The molecule has 100 valence electrons. The molecule has 3 unspecified atom stereocenters. The van der Waals surface area contributed by atoms with Crippen LogP contribution in [-0.2, 0) is 10.8 Å². The highest BCUT2D eigenvalue weighted by atomic mass is 32.2. The summed E-state index contributed by atoms with van der Waals surface area (Å²) in [7, 11) is 0.754. The van der Waals surface area contributed by atoms with E-state index in [0.717, 1.165) is 36.5 Å². The first-order valence-electron chi connectivity index (χ1n) is 6.52. The summed E-state index contributed by atoms with van der Waals surface area (Å²) < 4.78 is 17.6. The van der Waals surface area contributed by atoms with Gasteiger partial charge in [-0.15, -0.1) is 0 Å². The van der Waals surface area contributed by atoms with Crippen molar-refractivity contribution in [2.24, 2.45) is 0 Å². The Bertz CT molecular complexity index is 405. The maximum atomic E-state index is 12.4. The van der Waals surface area contributed by atoms with Gasteiger partial charge in [-0.05, 0) is 50.1 Å². The summed E-state index contributed by atoms with van der Waals surface area (Å²) in [6.07, 6.45) is 3.21. The number of hydrogen-bond donors (Lipinski definition) is 1. The minimum Gasteiger partial charge on any atom is -0.497 e. The molecule has 3 nitrogen and oxygen atoms in total. The second-order valence-electron chi connectivity index (χ2n) is 4.66. The van der Waals surface area contributed by atoms with Crippen LogP contribution in [0, 0.1) is 0 Å². The largest absolute Gasteiger partial charge is 0.497 e. The van der Waals surface area contributed by atoms with Gasteiger partial charge in [0.25, 0.3) is 0 Å². The van der Waals surface area contributed by atoms with Crippen molar-refractivity contribution in [3.8, 4) is 5.75 Å². The maximum absolute atomic E-state index is 12.4. The molecule has 1 aliphatic carbocycles. The standard InChI is InChI=1S/C14H21NO2S/c1-3-15-11-4-7-14(10-11)18(16)13-8-5-12(17-2)6-9-13/h5-6,8-9,11,14-15H,3-4,7,10H2,1-2H3. The molecule has 0 amide bonds. The van der Waals surface area contributed by atoms with Crippen LogP contribution in [0.1, 0.15) is 26.2 Å². The van der Waals surface area contributed by atoms with Gasteiger partial charge in [-0.2, -0.15) is 0 Å². The monoisotopic (exact) mass is 267 g/mol. The summed E-state index contributed by atoms with van der Waals surface area (Å²) >= 11 is 0. The third-order valence-corrected chi connectivity index (χ3v) is 5.24. The zero-order valence-electron chi connectivity index (χ0n) is 11.0. The lowest BCUT2D eigenvalue weighted by Gasteiger charge is -2.12. The van der Waals surface area contributed by atoms with Gasteiger partial charge in [0, 0.05) is 16.2 Å². The van der Waals surface area contributed by atoms with Crippen molar-refractivity contribution in [1.82, 2.24) is 5.32 Å². The van der Waals surface area contributed by atoms with Crippen molar-refractivity contribution < 1.29 is 8.95 Å². The first-order chi connectivity index (χ1) is 8.74. The molecule has 0 radical (unpaired) electrons. The number of rotatable bonds is 5. The Balaban J connectivity index is 1.98. The van der Waals surface area contributed by atoms with Crippen LogP contribution in [0.15, 0.2) is 29.2 Å². The molecule has 1 fully saturated rings. The van der Waals surface area contributed by atoms with Crippen molar-refractivity contribution in [3.63, 3.8) is 0 Å². The molecule has 1 aromatic carbocycles. The van der Waals surface area contributed by atoms with Gasteiger partial charge >= 0.3 is 0 Å². The minimum absolute atomic E-state index is 0.294. The van der Waals surface area contributed by atoms with Crippen molar-refractivity contribution in [2.45, 2.75) is 42.4 Å². The number of ether oxygens (including phenoxy) is 1. The zero-order valence-corrected chi connectivity index (χ0v) is 11.8. The molecule has 4 heteroatoms. The Hall–Kier alpha value is -0.870. The predicted molar refractivity (Wildman–Crippen MR) is 74.5 cm³/mol. The first kappa shape index (κ1) is 13.6. The lowest BCUT2D eigenvalue weighted by molar-refractivity contribution is 0.414. The SMILES string of the molecule is CCNC1CCC(S(=O)c2ccc(OC)cc2)C1. The highest BCUT2D eigenvalue weighted by Crippen LogP contribution is 2.28. The van der Waals surface area contributed by atoms with Crippen LogP contribution >= 0.6 is 0 Å². The van der Waals surface area contributed by atoms with Gasteiger partial charge in [-0.1, -0.05) is 6.92 Å². The third kappa shape index (κ3) is 3.12. The van der Waals surface area contributed by atoms with Crippen LogP contribution < -0.4 is 10.1 Å². The van der Waals surface area contributed by atoms with Crippen LogP contribution in [0.5, 0.6) is 5.75 Å². The summed E-state index contributed by atoms with van der Waals surface area (Å²) in [5.41, 5.74) is 0. The van der Waals surface area contributed by atoms with Gasteiger partial charge < -0.3 is 10.1 Å². The van der Waals surface area contributed by atoms with E-state index in [9.17, 15) is 4.21 Å². The molecular formula is C14H21NO2S. The Kier molecular flexibility index (Phi) is 4.78. The second kappa shape index (κ2) is 6.34. The van der Waals surface area contributed by atoms with E-state index in [2.05, 4.69) is 12.2 Å². The Morgan fingerprint density at radius 3 is 2.67 bits per heavy atom. The summed E-state index contributed by atoms with van der Waals surface area (Å²) in [4.78, 5) is 0.915. The van der Waals surface area contributed by atoms with Gasteiger partial charge in [0.15, 0.2) is 0 Å². The molecule has 18 heavy (non-hydrogen) atoms. The van der Waals surface area contributed by atoms with E-state index in [0.29, 0.717) is 11.3 Å². The predicted octanol–water partition coefficient (Wildman–Crippen LogP) is 2.33. The molecule has 1 aromatic rings. The van der Waals surface area contributed by atoms with E-state index in [4.69, 9.17) is 4.74 Å². The summed E-state index contributed by atoms with van der Waals surface area (Å²) in [5.74, 6) is 0.813. The van der Waals surface area contributed by atoms with Gasteiger partial charge in [0.2, 0.25) is 0 Å². The molecule has 2 rings (SSSR count). The fourth-order valence-electron chi connectivity index (χ4n) is 2.51. The molecule has 1 aliphatic rings. The van der Waals surface area contributed by atoms with Crippen LogP contribution in [0.4, 0.5) is 0 Å². The van der Waals surface area contributed by atoms with E-state index >= 15 is 0 Å². The van der Waals surface area contributed by atoms with E-state index in [-0.39, 0.29) is 0 Å². The van der Waals surface area contributed by atoms with E-state index in [1.807, 2.05) is 24.3 Å². The Morgan fingerprint density at radius 2 is 2.06 bits per heavy atom. The molecule has 0 heterocycles. The molecule has 3 atom stereocenters. The quantitative estimate of drug-likeness (QED) is 0.890. The summed E-state index contributed by atoms with van der Waals surface area (Å²) in [6.45, 7) is 3.11. The van der Waals surface area contributed by atoms with Crippen LogP contribution in [-0.4, -0.2) is 29.2 Å². The first-order valence-corrected chi connectivity index (χ1v) is 7.74. The van der Waals surface area contributed by atoms with Gasteiger partial charge in [-0.3, -0.25) is 4.21 Å². The fourth-order valence-corrected chi connectivity index (χ4v) is 4.06. The van der Waals surface area contributed by atoms with Crippen molar-refractivity contribution in [2.75, 3.05) is 13.7 Å². The molecule has 0 spiro atoms. The minimum atomic E-state index is -0.889. The van der Waals surface area contributed by atoms with Gasteiger partial charge in [0.05, 0.1) is 17.9 Å². The number of benzene rings is 1.